The van der Waals surface area contributed by atoms with Crippen molar-refractivity contribution in [1.82, 2.24) is 0 Å². The average molecular weight is 290 g/mol. The molecule has 2 bridgehead atoms. The van der Waals surface area contributed by atoms with Gasteiger partial charge in [-0.2, -0.15) is 0 Å². The summed E-state index contributed by atoms with van der Waals surface area (Å²) in [5.74, 6) is 2.42. The number of rotatable bonds is 3. The van der Waals surface area contributed by atoms with Crippen molar-refractivity contribution in [3.8, 4) is 0 Å². The van der Waals surface area contributed by atoms with Crippen molar-refractivity contribution in [3.63, 3.8) is 0 Å². The van der Waals surface area contributed by atoms with Gasteiger partial charge in [0.25, 0.3) is 5.69 Å². The van der Waals surface area contributed by atoms with E-state index in [9.17, 15) is 14.5 Å². The van der Waals surface area contributed by atoms with Gasteiger partial charge in [-0.1, -0.05) is 12.5 Å². The molecule has 4 nitrogen and oxygen atoms in total. The molecule has 3 saturated carbocycles. The number of hydrogen-bond donors (Lipinski definition) is 1. The molecule has 0 heterocycles. The zero-order chi connectivity index (χ0) is 14.6. The number of nitrogens with zero attached hydrogens (tertiary/aromatic N) is 1. The fraction of sp³-hybridized carbons (Fsp3) is 0.625. The Hall–Kier alpha value is -1.65. The van der Waals surface area contributed by atoms with Gasteiger partial charge in [-0.15, -0.1) is 0 Å². The largest absolute Gasteiger partial charge is 0.374 e. The molecule has 0 spiro atoms. The van der Waals surface area contributed by atoms with E-state index in [1.54, 1.807) is 0 Å². The summed E-state index contributed by atoms with van der Waals surface area (Å²) in [5, 5.41) is 14.3. The molecule has 1 aromatic rings. The van der Waals surface area contributed by atoms with Gasteiger partial charge in [0.2, 0.25) is 0 Å². The van der Waals surface area contributed by atoms with Gasteiger partial charge >= 0.3 is 0 Å². The Labute approximate surface area is 122 Å². The summed E-state index contributed by atoms with van der Waals surface area (Å²) in [6, 6.07) is 4.26. The van der Waals surface area contributed by atoms with E-state index >= 15 is 0 Å². The van der Waals surface area contributed by atoms with E-state index in [2.05, 4.69) is 5.32 Å². The number of hydrogen-bond acceptors (Lipinski definition) is 3. The summed E-state index contributed by atoms with van der Waals surface area (Å²) in [6.07, 6.45) is 6.20. The molecule has 5 unspecified atom stereocenters. The molecule has 112 valence electrons. The highest BCUT2D eigenvalue weighted by Crippen LogP contribution is 2.59. The van der Waals surface area contributed by atoms with Crippen molar-refractivity contribution in [3.05, 3.63) is 34.1 Å². The SMILES string of the molecule is O=[N+]([O-])c1cccc(F)c1NC1CC2CC1C1CCCC21. The number of nitro benzene ring substituents is 1. The van der Waals surface area contributed by atoms with Gasteiger partial charge in [-0.25, -0.2) is 4.39 Å². The summed E-state index contributed by atoms with van der Waals surface area (Å²) in [6.45, 7) is 0. The first kappa shape index (κ1) is 13.0. The van der Waals surface area contributed by atoms with Crippen molar-refractivity contribution in [2.75, 3.05) is 5.32 Å². The monoisotopic (exact) mass is 290 g/mol. The number of nitrogens with one attached hydrogen (secondary N) is 1. The smallest absolute Gasteiger partial charge is 0.295 e. The lowest BCUT2D eigenvalue weighted by Gasteiger charge is -2.32. The van der Waals surface area contributed by atoms with E-state index in [0.717, 1.165) is 24.2 Å². The van der Waals surface area contributed by atoms with Gasteiger partial charge in [0.1, 0.15) is 5.69 Å². The highest BCUT2D eigenvalue weighted by Gasteiger charge is 2.54. The second-order valence-corrected chi connectivity index (χ2v) is 6.80. The molecule has 21 heavy (non-hydrogen) atoms. The Morgan fingerprint density at radius 2 is 2.00 bits per heavy atom. The van der Waals surface area contributed by atoms with Crippen LogP contribution in [0.25, 0.3) is 0 Å². The molecule has 5 heteroatoms. The second-order valence-electron chi connectivity index (χ2n) is 6.80. The van der Waals surface area contributed by atoms with Crippen LogP contribution in [0.3, 0.4) is 0 Å². The molecule has 1 aromatic carbocycles. The van der Waals surface area contributed by atoms with Crippen LogP contribution in [0, 0.1) is 39.6 Å². The van der Waals surface area contributed by atoms with E-state index in [-0.39, 0.29) is 17.4 Å². The highest BCUT2D eigenvalue weighted by molar-refractivity contribution is 5.62. The molecule has 0 aliphatic heterocycles. The number of nitro groups is 1. The van der Waals surface area contributed by atoms with Crippen molar-refractivity contribution < 1.29 is 9.31 Å². The molecule has 5 atom stereocenters. The zero-order valence-corrected chi connectivity index (χ0v) is 11.8. The lowest BCUT2D eigenvalue weighted by Crippen LogP contribution is -2.34. The van der Waals surface area contributed by atoms with Gasteiger partial charge in [0, 0.05) is 12.1 Å². The second kappa shape index (κ2) is 4.68. The lowest BCUT2D eigenvalue weighted by molar-refractivity contribution is -0.384. The Morgan fingerprint density at radius 1 is 1.19 bits per heavy atom. The number of anilines is 1. The van der Waals surface area contributed by atoms with Crippen molar-refractivity contribution >= 4 is 11.4 Å². The summed E-state index contributed by atoms with van der Waals surface area (Å²) in [7, 11) is 0. The standard InChI is InChI=1S/C16H19FN2O2/c17-13-5-2-6-15(19(20)21)16(13)18-14-8-9-7-12(14)11-4-1-3-10(9)11/h2,5-6,9-12,14,18H,1,3-4,7-8H2. The quantitative estimate of drug-likeness (QED) is 0.677. The van der Waals surface area contributed by atoms with Gasteiger partial charge < -0.3 is 5.32 Å². The molecular weight excluding hydrogens is 271 g/mol. The third-order valence-corrected chi connectivity index (χ3v) is 5.95. The molecule has 0 saturated heterocycles. The summed E-state index contributed by atoms with van der Waals surface area (Å²) in [5.41, 5.74) is -0.0738. The van der Waals surface area contributed by atoms with Gasteiger partial charge in [-0.3, -0.25) is 10.1 Å². The highest BCUT2D eigenvalue weighted by atomic mass is 19.1. The maximum atomic E-state index is 14.0. The topological polar surface area (TPSA) is 55.2 Å². The van der Waals surface area contributed by atoms with Crippen LogP contribution in [0.5, 0.6) is 0 Å². The maximum absolute atomic E-state index is 14.0. The minimum absolute atomic E-state index is 0.0783. The van der Waals surface area contributed by atoms with Gasteiger partial charge in [0.15, 0.2) is 5.82 Å². The minimum atomic E-state index is -0.519. The number of fused-ring (bicyclic) bond motifs is 5. The summed E-state index contributed by atoms with van der Waals surface area (Å²) >= 11 is 0. The summed E-state index contributed by atoms with van der Waals surface area (Å²) in [4.78, 5) is 10.6. The van der Waals surface area contributed by atoms with Crippen LogP contribution in [0.15, 0.2) is 18.2 Å². The van der Waals surface area contributed by atoms with Crippen LogP contribution in [0.1, 0.15) is 32.1 Å². The van der Waals surface area contributed by atoms with Crippen LogP contribution in [0.4, 0.5) is 15.8 Å². The van der Waals surface area contributed by atoms with E-state index in [0.29, 0.717) is 5.92 Å². The van der Waals surface area contributed by atoms with Crippen LogP contribution in [-0.4, -0.2) is 11.0 Å². The predicted octanol–water partition coefficient (Wildman–Crippen LogP) is 3.97. The van der Waals surface area contributed by atoms with E-state index < -0.39 is 10.7 Å². The molecule has 4 rings (SSSR count). The third-order valence-electron chi connectivity index (χ3n) is 5.95. The molecule has 3 aliphatic carbocycles. The molecule has 1 N–H and O–H groups in total. The van der Waals surface area contributed by atoms with Crippen molar-refractivity contribution in [2.45, 2.75) is 38.1 Å². The van der Waals surface area contributed by atoms with Crippen LogP contribution >= 0.6 is 0 Å². The third kappa shape index (κ3) is 1.93. The Morgan fingerprint density at radius 3 is 2.81 bits per heavy atom. The normalized spacial score (nSPS) is 36.7. The Kier molecular flexibility index (Phi) is 2.91. The van der Waals surface area contributed by atoms with Gasteiger partial charge in [0.05, 0.1) is 4.92 Å². The molecule has 0 aromatic heterocycles. The number of para-hydroxylation sites is 1. The first-order valence-corrected chi connectivity index (χ1v) is 7.84. The number of benzene rings is 1. The molecule has 0 amide bonds. The number of halogens is 1. The van der Waals surface area contributed by atoms with E-state index in [4.69, 9.17) is 0 Å². The van der Waals surface area contributed by atoms with E-state index in [1.807, 2.05) is 0 Å². The first-order valence-electron chi connectivity index (χ1n) is 7.84. The van der Waals surface area contributed by atoms with Crippen LogP contribution < -0.4 is 5.32 Å². The van der Waals surface area contributed by atoms with Gasteiger partial charge in [-0.05, 0) is 55.4 Å². The Balaban J connectivity index is 1.59. The van der Waals surface area contributed by atoms with E-state index in [1.165, 1.54) is 43.9 Å². The molecular formula is C16H19FN2O2. The fourth-order valence-corrected chi connectivity index (χ4v) is 5.23. The fourth-order valence-electron chi connectivity index (χ4n) is 5.23. The maximum Gasteiger partial charge on any atom is 0.295 e. The molecule has 3 fully saturated rings. The predicted molar refractivity (Wildman–Crippen MR) is 77.5 cm³/mol. The van der Waals surface area contributed by atoms with Crippen LogP contribution in [0.2, 0.25) is 0 Å². The van der Waals surface area contributed by atoms with Crippen molar-refractivity contribution in [1.29, 1.82) is 0 Å². The van der Waals surface area contributed by atoms with Crippen LogP contribution in [-0.2, 0) is 0 Å². The average Bonchev–Trinajstić information content (AvgIpc) is 3.12. The molecule has 0 radical (unpaired) electrons. The lowest BCUT2D eigenvalue weighted by atomic mass is 9.79. The molecule has 3 aliphatic rings. The zero-order valence-electron chi connectivity index (χ0n) is 11.8. The van der Waals surface area contributed by atoms with Crippen molar-refractivity contribution in [2.24, 2.45) is 23.7 Å². The first-order chi connectivity index (χ1) is 10.1. The Bertz CT molecular complexity index is 592. The minimum Gasteiger partial charge on any atom is -0.374 e. The summed E-state index contributed by atoms with van der Waals surface area (Å²) < 4.78 is 14.0.